The van der Waals surface area contributed by atoms with Gasteiger partial charge in [0.05, 0.1) is 12.1 Å². The van der Waals surface area contributed by atoms with Crippen LogP contribution in [0.5, 0.6) is 0 Å². The van der Waals surface area contributed by atoms with Crippen molar-refractivity contribution in [1.29, 1.82) is 0 Å². The summed E-state index contributed by atoms with van der Waals surface area (Å²) in [7, 11) is 1.29. The Morgan fingerprint density at radius 2 is 2.06 bits per heavy atom. The van der Waals surface area contributed by atoms with E-state index in [2.05, 4.69) is 10.1 Å². The summed E-state index contributed by atoms with van der Waals surface area (Å²) < 4.78 is 4.65. The molecule has 1 aromatic heterocycles. The number of carbonyl (C=O) groups is 2. The molecule has 17 heavy (non-hydrogen) atoms. The first-order valence-electron chi connectivity index (χ1n) is 5.40. The number of ether oxygens (including phenoxy) is 1. The summed E-state index contributed by atoms with van der Waals surface area (Å²) in [6.45, 7) is 5.56. The van der Waals surface area contributed by atoms with Crippen molar-refractivity contribution in [2.75, 3.05) is 12.4 Å². The number of aryl methyl sites for hydroxylation is 1. The van der Waals surface area contributed by atoms with E-state index in [9.17, 15) is 9.59 Å². The van der Waals surface area contributed by atoms with Crippen molar-refractivity contribution in [3.8, 4) is 0 Å². The lowest BCUT2D eigenvalue weighted by molar-refractivity contribution is -0.150. The lowest BCUT2D eigenvalue weighted by Crippen LogP contribution is -2.34. The molecule has 4 nitrogen and oxygen atoms in total. The van der Waals surface area contributed by atoms with E-state index in [-0.39, 0.29) is 11.8 Å². The quantitative estimate of drug-likeness (QED) is 0.664. The number of esters is 1. The summed E-state index contributed by atoms with van der Waals surface area (Å²) in [6.07, 6.45) is 0. The van der Waals surface area contributed by atoms with E-state index in [1.165, 1.54) is 18.4 Å². The highest BCUT2D eigenvalue weighted by Crippen LogP contribution is 2.24. The first kappa shape index (κ1) is 13.7. The summed E-state index contributed by atoms with van der Waals surface area (Å²) in [5.74, 6) is -1.66. The van der Waals surface area contributed by atoms with E-state index >= 15 is 0 Å². The van der Waals surface area contributed by atoms with Crippen LogP contribution in [-0.2, 0) is 14.3 Å². The van der Waals surface area contributed by atoms with Crippen LogP contribution < -0.4 is 5.32 Å². The van der Waals surface area contributed by atoms with Crippen LogP contribution in [0.25, 0.3) is 0 Å². The Bertz CT molecular complexity index is 412. The molecule has 0 radical (unpaired) electrons. The summed E-state index contributed by atoms with van der Waals surface area (Å²) in [5.41, 5.74) is 0.996. The maximum Gasteiger partial charge on any atom is 0.318 e. The molecule has 0 saturated carbocycles. The average Bonchev–Trinajstić information content (AvgIpc) is 2.63. The molecule has 0 bridgehead atoms. The van der Waals surface area contributed by atoms with Crippen molar-refractivity contribution in [2.24, 2.45) is 11.8 Å². The van der Waals surface area contributed by atoms with Gasteiger partial charge in [0.25, 0.3) is 0 Å². The zero-order valence-corrected chi connectivity index (χ0v) is 11.3. The monoisotopic (exact) mass is 255 g/mol. The van der Waals surface area contributed by atoms with Gasteiger partial charge in [-0.25, -0.2) is 0 Å². The van der Waals surface area contributed by atoms with E-state index in [1.54, 1.807) is 0 Å². The van der Waals surface area contributed by atoms with Crippen LogP contribution in [0.1, 0.15) is 19.4 Å². The van der Waals surface area contributed by atoms with Crippen molar-refractivity contribution >= 4 is 28.2 Å². The van der Waals surface area contributed by atoms with Gasteiger partial charge >= 0.3 is 5.97 Å². The van der Waals surface area contributed by atoms with Crippen LogP contribution in [-0.4, -0.2) is 19.0 Å². The summed E-state index contributed by atoms with van der Waals surface area (Å²) in [6, 6.07) is 1.92. The second kappa shape index (κ2) is 5.82. The second-order valence-electron chi connectivity index (χ2n) is 4.17. The topological polar surface area (TPSA) is 55.4 Å². The van der Waals surface area contributed by atoms with Gasteiger partial charge < -0.3 is 10.1 Å². The highest BCUT2D eigenvalue weighted by atomic mass is 32.1. The van der Waals surface area contributed by atoms with Gasteiger partial charge in [-0.15, -0.1) is 11.3 Å². The number of methoxy groups -OCH3 is 1. The fraction of sp³-hybridized carbons (Fsp3) is 0.500. The molecule has 0 fully saturated rings. The zero-order chi connectivity index (χ0) is 13.0. The molecule has 0 aliphatic carbocycles. The summed E-state index contributed by atoms with van der Waals surface area (Å²) in [5, 5.41) is 5.44. The van der Waals surface area contributed by atoms with E-state index in [4.69, 9.17) is 0 Å². The minimum absolute atomic E-state index is 0.0947. The van der Waals surface area contributed by atoms with Gasteiger partial charge in [0.1, 0.15) is 5.92 Å². The van der Waals surface area contributed by atoms with Crippen molar-refractivity contribution in [2.45, 2.75) is 20.8 Å². The van der Waals surface area contributed by atoms with Crippen LogP contribution in [0.2, 0.25) is 0 Å². The third kappa shape index (κ3) is 3.30. The molecule has 1 heterocycles. The van der Waals surface area contributed by atoms with Gasteiger partial charge in [-0.3, -0.25) is 9.59 Å². The number of anilines is 1. The molecule has 1 rings (SSSR count). The lowest BCUT2D eigenvalue weighted by atomic mass is 9.95. The molecule has 0 saturated heterocycles. The molecule has 0 aliphatic rings. The molecule has 1 atom stereocenters. The van der Waals surface area contributed by atoms with Gasteiger partial charge in [-0.1, -0.05) is 13.8 Å². The third-order valence-corrected chi connectivity index (χ3v) is 3.43. The Balaban J connectivity index is 2.80. The van der Waals surface area contributed by atoms with Crippen LogP contribution >= 0.6 is 11.3 Å². The van der Waals surface area contributed by atoms with Gasteiger partial charge in [0.2, 0.25) is 5.91 Å². The van der Waals surface area contributed by atoms with Gasteiger partial charge in [0, 0.05) is 0 Å². The smallest absolute Gasteiger partial charge is 0.318 e. The first-order valence-corrected chi connectivity index (χ1v) is 6.28. The molecule has 0 aromatic carbocycles. The Morgan fingerprint density at radius 1 is 1.41 bits per heavy atom. The maximum absolute atomic E-state index is 12.0. The molecule has 1 N–H and O–H groups in total. The highest BCUT2D eigenvalue weighted by Gasteiger charge is 2.31. The van der Waals surface area contributed by atoms with Crippen molar-refractivity contribution < 1.29 is 14.3 Å². The van der Waals surface area contributed by atoms with Crippen molar-refractivity contribution in [1.82, 2.24) is 0 Å². The average molecular weight is 255 g/mol. The minimum atomic E-state index is -0.763. The summed E-state index contributed by atoms with van der Waals surface area (Å²) in [4.78, 5) is 23.5. The van der Waals surface area contributed by atoms with Crippen LogP contribution in [0.15, 0.2) is 11.4 Å². The minimum Gasteiger partial charge on any atom is -0.468 e. The molecule has 1 amide bonds. The van der Waals surface area contributed by atoms with E-state index in [0.717, 1.165) is 10.6 Å². The maximum atomic E-state index is 12.0. The molecule has 1 aromatic rings. The standard InChI is InChI=1S/C12H17NO3S/c1-7(2)9(12(15)16-4)10(14)13-11-8(3)5-6-17-11/h5-7,9H,1-4H3,(H,13,14). The Labute approximate surface area is 105 Å². The van der Waals surface area contributed by atoms with Crippen LogP contribution in [0.3, 0.4) is 0 Å². The second-order valence-corrected chi connectivity index (χ2v) is 5.08. The zero-order valence-electron chi connectivity index (χ0n) is 10.4. The predicted octanol–water partition coefficient (Wildman–Crippen LogP) is 2.44. The van der Waals surface area contributed by atoms with Gasteiger partial charge in [0.15, 0.2) is 0 Å². The number of rotatable bonds is 4. The number of carbonyl (C=O) groups excluding carboxylic acids is 2. The molecule has 5 heteroatoms. The Kier molecular flexibility index (Phi) is 4.69. The Morgan fingerprint density at radius 3 is 2.47 bits per heavy atom. The van der Waals surface area contributed by atoms with E-state index in [0.29, 0.717) is 0 Å². The predicted molar refractivity (Wildman–Crippen MR) is 68.0 cm³/mol. The van der Waals surface area contributed by atoms with Crippen molar-refractivity contribution in [3.05, 3.63) is 17.0 Å². The van der Waals surface area contributed by atoms with Crippen LogP contribution in [0.4, 0.5) is 5.00 Å². The molecule has 0 aliphatic heterocycles. The molecule has 0 spiro atoms. The number of amides is 1. The number of hydrogen-bond acceptors (Lipinski definition) is 4. The number of nitrogens with one attached hydrogen (secondary N) is 1. The van der Waals surface area contributed by atoms with Crippen LogP contribution in [0, 0.1) is 18.8 Å². The van der Waals surface area contributed by atoms with Gasteiger partial charge in [-0.05, 0) is 29.9 Å². The summed E-state index contributed by atoms with van der Waals surface area (Å²) >= 11 is 1.44. The van der Waals surface area contributed by atoms with E-state index < -0.39 is 11.9 Å². The molecule has 94 valence electrons. The van der Waals surface area contributed by atoms with Crippen molar-refractivity contribution in [3.63, 3.8) is 0 Å². The van der Waals surface area contributed by atoms with E-state index in [1.807, 2.05) is 32.2 Å². The molecular formula is C12H17NO3S. The number of thiophene rings is 1. The fourth-order valence-corrected chi connectivity index (χ4v) is 2.32. The van der Waals surface area contributed by atoms with Gasteiger partial charge in [-0.2, -0.15) is 0 Å². The first-order chi connectivity index (χ1) is 7.97. The lowest BCUT2D eigenvalue weighted by Gasteiger charge is -2.17. The third-order valence-electron chi connectivity index (χ3n) is 2.50. The molecule has 1 unspecified atom stereocenters. The molecular weight excluding hydrogens is 238 g/mol. The SMILES string of the molecule is COC(=O)C(C(=O)Nc1sccc1C)C(C)C. The fourth-order valence-electron chi connectivity index (χ4n) is 1.50. The largest absolute Gasteiger partial charge is 0.468 e. The normalized spacial score (nSPS) is 12.3. The highest BCUT2D eigenvalue weighted by molar-refractivity contribution is 7.14. The Hall–Kier alpha value is -1.36. The number of hydrogen-bond donors (Lipinski definition) is 1.